The minimum Gasteiger partial charge on any atom is -0.377 e. The number of halogens is 2. The predicted octanol–water partition coefficient (Wildman–Crippen LogP) is 6.03. The van der Waals surface area contributed by atoms with Gasteiger partial charge in [0.1, 0.15) is 17.5 Å². The molecule has 2 aliphatic heterocycles. The molecule has 3 N–H and O–H groups in total. The number of rotatable bonds is 5. The maximum absolute atomic E-state index is 15.2. The molecule has 4 heterocycles. The monoisotopic (exact) mass is 623 g/mol. The summed E-state index contributed by atoms with van der Waals surface area (Å²) in [5.74, 6) is -0.416. The highest BCUT2D eigenvalue weighted by Crippen LogP contribution is 2.39. The molecule has 1 saturated heterocycles. The molecule has 1 atom stereocenters. The molecule has 0 bridgehead atoms. The molecule has 0 saturated carbocycles. The van der Waals surface area contributed by atoms with Crippen LogP contribution in [0.5, 0.6) is 0 Å². The molecule has 45 heavy (non-hydrogen) atoms. The number of nitrogens with one attached hydrogen (secondary N) is 3. The molecule has 0 spiro atoms. The van der Waals surface area contributed by atoms with Gasteiger partial charge >= 0.3 is 0 Å². The number of pyridine rings is 1. The van der Waals surface area contributed by atoms with E-state index in [1.54, 1.807) is 60.8 Å². The Morgan fingerprint density at radius 2 is 1.69 bits per heavy atom. The Hall–Kier alpha value is -4.80. The summed E-state index contributed by atoms with van der Waals surface area (Å²) in [7, 11) is 0. The van der Waals surface area contributed by atoms with E-state index in [2.05, 4.69) is 20.9 Å². The highest BCUT2D eigenvalue weighted by atomic mass is 35.5. The van der Waals surface area contributed by atoms with Gasteiger partial charge in [-0.25, -0.2) is 9.37 Å². The van der Waals surface area contributed by atoms with Crippen LogP contribution in [0.15, 0.2) is 83.8 Å². The first kappa shape index (κ1) is 28.9. The Morgan fingerprint density at radius 1 is 0.956 bits per heavy atom. The van der Waals surface area contributed by atoms with Crippen LogP contribution in [0.1, 0.15) is 30.2 Å². The largest absolute Gasteiger partial charge is 0.377 e. The summed E-state index contributed by atoms with van der Waals surface area (Å²) in [5, 5.41) is 10.8. The van der Waals surface area contributed by atoms with Crippen molar-refractivity contribution in [3.05, 3.63) is 106 Å². The fourth-order valence-corrected chi connectivity index (χ4v) is 6.54. The van der Waals surface area contributed by atoms with Crippen LogP contribution in [0.3, 0.4) is 0 Å². The van der Waals surface area contributed by atoms with E-state index in [0.717, 1.165) is 26.2 Å². The van der Waals surface area contributed by atoms with Gasteiger partial charge in [0.05, 0.1) is 11.2 Å². The lowest BCUT2D eigenvalue weighted by Crippen LogP contribution is -2.51. The van der Waals surface area contributed by atoms with Gasteiger partial charge in [0.25, 0.3) is 5.56 Å². The van der Waals surface area contributed by atoms with Gasteiger partial charge in [-0.05, 0) is 56.3 Å². The van der Waals surface area contributed by atoms with Crippen molar-refractivity contribution in [2.45, 2.75) is 25.4 Å². The topological polar surface area (TPSA) is 104 Å². The number of carbonyl (C=O) groups is 1. The molecule has 2 aromatic heterocycles. The number of aromatic nitrogens is 3. The maximum atomic E-state index is 15.2. The van der Waals surface area contributed by atoms with E-state index in [1.807, 2.05) is 30.9 Å². The zero-order valence-corrected chi connectivity index (χ0v) is 25.5. The van der Waals surface area contributed by atoms with Crippen molar-refractivity contribution in [3.8, 4) is 11.1 Å². The van der Waals surface area contributed by atoms with Crippen molar-refractivity contribution in [2.24, 2.45) is 0 Å². The highest BCUT2D eigenvalue weighted by Gasteiger charge is 2.44. The van der Waals surface area contributed by atoms with Gasteiger partial charge in [0.2, 0.25) is 5.95 Å². The van der Waals surface area contributed by atoms with Crippen molar-refractivity contribution in [1.82, 2.24) is 19.9 Å². The van der Waals surface area contributed by atoms with Crippen LogP contribution in [-0.2, 0) is 0 Å². The number of carbonyl (C=O) groups excluding carboxylic acids is 1. The number of piperazine rings is 1. The third-order valence-corrected chi connectivity index (χ3v) is 8.77. The summed E-state index contributed by atoms with van der Waals surface area (Å²) < 4.78 is 16.6. The van der Waals surface area contributed by atoms with Crippen LogP contribution in [0.4, 0.5) is 27.4 Å². The second-order valence-electron chi connectivity index (χ2n) is 11.9. The van der Waals surface area contributed by atoms with E-state index in [4.69, 9.17) is 16.6 Å². The zero-order chi connectivity index (χ0) is 31.3. The lowest BCUT2D eigenvalue weighted by atomic mass is 9.82. The summed E-state index contributed by atoms with van der Waals surface area (Å²) in [6.45, 7) is 6.81. The molecule has 7 rings (SSSR count). The summed E-state index contributed by atoms with van der Waals surface area (Å²) in [4.78, 5) is 39.9. The number of anilines is 4. The Labute approximate surface area is 264 Å². The highest BCUT2D eigenvalue weighted by molar-refractivity contribution is 6.33. The second kappa shape index (κ2) is 11.3. The smallest absolute Gasteiger partial charge is 0.260 e. The Bertz CT molecular complexity index is 2020. The van der Waals surface area contributed by atoms with E-state index < -0.39 is 17.1 Å². The van der Waals surface area contributed by atoms with Crippen LogP contribution in [0, 0.1) is 5.82 Å². The van der Waals surface area contributed by atoms with Gasteiger partial charge < -0.3 is 20.9 Å². The van der Waals surface area contributed by atoms with E-state index in [-0.39, 0.29) is 23.2 Å². The van der Waals surface area contributed by atoms with E-state index >= 15 is 4.39 Å². The van der Waals surface area contributed by atoms with Crippen molar-refractivity contribution in [3.63, 3.8) is 0 Å². The standard InChI is InChI=1S/C34H31ClFN7O2/c1-34(2)30(29(44)23-8-4-6-10-27(23)41-34)43-31-20(17-24(32(43)45)22-7-3-5-9-25(22)35)19-38-33(40-31)39-21-11-12-28(26(36)18-21)42-15-13-37-14-16-42/h3-12,17-19,30,37,41H,13-16H2,1-2H3,(H,38,39,40). The molecule has 0 aliphatic carbocycles. The number of ketones is 1. The van der Waals surface area contributed by atoms with Crippen molar-refractivity contribution < 1.29 is 9.18 Å². The SMILES string of the molecule is CC1(C)Nc2ccccc2C(=O)C1n1c(=O)c(-c2ccccc2Cl)cc2cnc(Nc3ccc(N4CCNCC4)c(F)c3)nc21. The lowest BCUT2D eigenvalue weighted by molar-refractivity contribution is 0.0876. The number of fused-ring (bicyclic) bond motifs is 2. The summed E-state index contributed by atoms with van der Waals surface area (Å²) in [6, 6.07) is 20.0. The molecule has 228 valence electrons. The molecular weight excluding hydrogens is 593 g/mol. The molecule has 1 unspecified atom stereocenters. The molecule has 2 aliphatic rings. The van der Waals surface area contributed by atoms with Crippen LogP contribution in [-0.4, -0.2) is 52.0 Å². The number of hydrogen-bond acceptors (Lipinski definition) is 8. The molecule has 1 fully saturated rings. The normalized spacial score (nSPS) is 17.6. The first-order valence-corrected chi connectivity index (χ1v) is 15.2. The van der Waals surface area contributed by atoms with Crippen LogP contribution >= 0.6 is 11.6 Å². The molecule has 0 radical (unpaired) electrons. The van der Waals surface area contributed by atoms with E-state index in [9.17, 15) is 9.59 Å². The predicted molar refractivity (Wildman–Crippen MR) is 177 cm³/mol. The van der Waals surface area contributed by atoms with Gasteiger partial charge in [-0.1, -0.05) is 41.9 Å². The Kier molecular flexibility index (Phi) is 7.26. The molecule has 9 nitrogen and oxygen atoms in total. The summed E-state index contributed by atoms with van der Waals surface area (Å²) in [6.07, 6.45) is 1.59. The van der Waals surface area contributed by atoms with Crippen molar-refractivity contribution in [1.29, 1.82) is 0 Å². The number of hydrogen-bond donors (Lipinski definition) is 3. The third kappa shape index (κ3) is 5.19. The maximum Gasteiger partial charge on any atom is 0.260 e. The fraction of sp³-hybridized carbons (Fsp3) is 0.235. The minimum absolute atomic E-state index is 0.157. The van der Waals surface area contributed by atoms with Crippen LogP contribution in [0.25, 0.3) is 22.2 Å². The minimum atomic E-state index is -0.955. The van der Waals surface area contributed by atoms with E-state index in [1.165, 1.54) is 10.6 Å². The number of para-hydroxylation sites is 1. The second-order valence-corrected chi connectivity index (χ2v) is 12.3. The molecule has 3 aromatic carbocycles. The zero-order valence-electron chi connectivity index (χ0n) is 24.8. The van der Waals surface area contributed by atoms with Gasteiger partial charge in [-0.3, -0.25) is 14.2 Å². The quantitative estimate of drug-likeness (QED) is 0.218. The molecule has 0 amide bonds. The average molecular weight is 624 g/mol. The average Bonchev–Trinajstić information content (AvgIpc) is 3.02. The number of Topliss-reactive ketones (excluding diaryl/α,β-unsaturated/α-hetero) is 1. The van der Waals surface area contributed by atoms with Gasteiger partial charge in [-0.15, -0.1) is 0 Å². The van der Waals surface area contributed by atoms with Crippen LogP contribution in [0.2, 0.25) is 5.02 Å². The first-order valence-electron chi connectivity index (χ1n) is 14.8. The molecule has 11 heteroatoms. The molecule has 5 aromatic rings. The third-order valence-electron chi connectivity index (χ3n) is 8.44. The van der Waals surface area contributed by atoms with E-state index in [0.29, 0.717) is 44.2 Å². The Morgan fingerprint density at radius 3 is 2.44 bits per heavy atom. The summed E-state index contributed by atoms with van der Waals surface area (Å²) in [5.41, 5.74) is 2.01. The van der Waals surface area contributed by atoms with Crippen molar-refractivity contribution in [2.75, 3.05) is 41.7 Å². The molecular formula is C34H31ClFN7O2. The van der Waals surface area contributed by atoms with Gasteiger partial charge in [0, 0.05) is 70.8 Å². The fourth-order valence-electron chi connectivity index (χ4n) is 6.31. The van der Waals surface area contributed by atoms with Crippen LogP contribution < -0.4 is 26.4 Å². The van der Waals surface area contributed by atoms with Crippen molar-refractivity contribution >= 4 is 51.4 Å². The lowest BCUT2D eigenvalue weighted by Gasteiger charge is -2.41. The van der Waals surface area contributed by atoms with Gasteiger partial charge in [-0.2, -0.15) is 4.98 Å². The Balaban J connectivity index is 1.37. The first-order chi connectivity index (χ1) is 21.7. The summed E-state index contributed by atoms with van der Waals surface area (Å²) >= 11 is 6.56. The van der Waals surface area contributed by atoms with Gasteiger partial charge in [0.15, 0.2) is 5.78 Å². The number of benzene rings is 3. The number of nitrogens with zero attached hydrogens (tertiary/aromatic N) is 4.